The van der Waals surface area contributed by atoms with Gasteiger partial charge in [0.05, 0.1) is 18.1 Å². The Hall–Kier alpha value is -1.46. The van der Waals surface area contributed by atoms with Gasteiger partial charge in [0.25, 0.3) is 0 Å². The first-order valence-electron chi connectivity index (χ1n) is 6.85. The molecule has 1 aromatic carbocycles. The van der Waals surface area contributed by atoms with Gasteiger partial charge < -0.3 is 10.1 Å². The molecule has 112 valence electrons. The Labute approximate surface area is 134 Å². The van der Waals surface area contributed by atoms with Gasteiger partial charge in [-0.2, -0.15) is 0 Å². The number of nitrogens with zero attached hydrogens (tertiary/aromatic N) is 2. The maximum absolute atomic E-state index is 5.63. The van der Waals surface area contributed by atoms with E-state index in [2.05, 4.69) is 52.0 Å². The van der Waals surface area contributed by atoms with E-state index in [4.69, 9.17) is 4.74 Å². The van der Waals surface area contributed by atoms with Crippen molar-refractivity contribution in [1.82, 2.24) is 15.3 Å². The predicted octanol–water partition coefficient (Wildman–Crippen LogP) is 3.71. The summed E-state index contributed by atoms with van der Waals surface area (Å²) in [4.78, 5) is 8.63. The minimum absolute atomic E-state index is 0.0670. The zero-order chi connectivity index (χ0) is 15.3. The van der Waals surface area contributed by atoms with E-state index in [0.29, 0.717) is 19.0 Å². The van der Waals surface area contributed by atoms with Crippen LogP contribution in [-0.4, -0.2) is 15.5 Å². The molecule has 1 heterocycles. The lowest BCUT2D eigenvalue weighted by Gasteiger charge is -2.19. The van der Waals surface area contributed by atoms with Gasteiger partial charge in [0.15, 0.2) is 0 Å². The van der Waals surface area contributed by atoms with E-state index < -0.39 is 0 Å². The molecule has 0 saturated heterocycles. The second-order valence-electron chi connectivity index (χ2n) is 5.87. The predicted molar refractivity (Wildman–Crippen MR) is 87.1 cm³/mol. The maximum atomic E-state index is 5.63. The summed E-state index contributed by atoms with van der Waals surface area (Å²) in [6.07, 6.45) is 3.41. The van der Waals surface area contributed by atoms with E-state index in [1.165, 1.54) is 0 Å². The van der Waals surface area contributed by atoms with E-state index in [1.807, 2.05) is 24.3 Å². The van der Waals surface area contributed by atoms with Gasteiger partial charge in [0, 0.05) is 16.6 Å². The highest BCUT2D eigenvalue weighted by atomic mass is 79.9. The molecular weight excluding hydrogens is 330 g/mol. The number of aromatic nitrogens is 2. The molecule has 0 bridgehead atoms. The minimum Gasteiger partial charge on any atom is -0.472 e. The summed E-state index contributed by atoms with van der Waals surface area (Å²) in [7, 11) is 0. The Morgan fingerprint density at radius 2 is 2.00 bits per heavy atom. The minimum atomic E-state index is 0.0670. The number of benzene rings is 1. The molecule has 0 unspecified atom stereocenters. The normalized spacial score (nSPS) is 11.4. The van der Waals surface area contributed by atoms with Crippen LogP contribution >= 0.6 is 15.9 Å². The monoisotopic (exact) mass is 349 g/mol. The quantitative estimate of drug-likeness (QED) is 0.893. The molecule has 2 aromatic rings. The lowest BCUT2D eigenvalue weighted by atomic mass is 10.1. The summed E-state index contributed by atoms with van der Waals surface area (Å²) in [6, 6.07) is 8.00. The van der Waals surface area contributed by atoms with E-state index in [0.717, 1.165) is 15.7 Å². The Kier molecular flexibility index (Phi) is 5.31. The third-order valence-electron chi connectivity index (χ3n) is 2.76. The highest BCUT2D eigenvalue weighted by Crippen LogP contribution is 2.14. The lowest BCUT2D eigenvalue weighted by Crippen LogP contribution is -2.35. The third-order valence-corrected chi connectivity index (χ3v) is 3.25. The topological polar surface area (TPSA) is 47.0 Å². The van der Waals surface area contributed by atoms with Crippen molar-refractivity contribution in [1.29, 1.82) is 0 Å². The zero-order valence-electron chi connectivity index (χ0n) is 12.6. The van der Waals surface area contributed by atoms with Crippen molar-refractivity contribution in [2.45, 2.75) is 39.5 Å². The lowest BCUT2D eigenvalue weighted by molar-refractivity contribution is 0.292. The van der Waals surface area contributed by atoms with Gasteiger partial charge in [-0.3, -0.25) is 4.98 Å². The number of halogens is 1. The molecule has 0 radical (unpaired) electrons. The number of hydrogen-bond acceptors (Lipinski definition) is 4. The Bertz CT molecular complexity index is 579. The van der Waals surface area contributed by atoms with Crippen molar-refractivity contribution in [2.75, 3.05) is 0 Å². The summed E-state index contributed by atoms with van der Waals surface area (Å²) in [6.45, 7) is 7.54. The van der Waals surface area contributed by atoms with E-state index in [-0.39, 0.29) is 5.54 Å². The van der Waals surface area contributed by atoms with Crippen molar-refractivity contribution >= 4 is 15.9 Å². The van der Waals surface area contributed by atoms with Crippen LogP contribution in [0.3, 0.4) is 0 Å². The van der Waals surface area contributed by atoms with Crippen LogP contribution < -0.4 is 10.1 Å². The number of ether oxygens (including phenoxy) is 1. The number of nitrogens with one attached hydrogen (secondary N) is 1. The van der Waals surface area contributed by atoms with Crippen molar-refractivity contribution in [3.8, 4) is 5.88 Å². The molecule has 0 fully saturated rings. The van der Waals surface area contributed by atoms with Gasteiger partial charge in [-0.25, -0.2) is 4.98 Å². The molecular formula is C16H20BrN3O. The largest absolute Gasteiger partial charge is 0.472 e. The van der Waals surface area contributed by atoms with E-state index >= 15 is 0 Å². The third kappa shape index (κ3) is 5.81. The number of hydrogen-bond donors (Lipinski definition) is 1. The molecule has 5 heteroatoms. The number of rotatable bonds is 5. The first kappa shape index (κ1) is 15.9. The second kappa shape index (κ2) is 7.00. The van der Waals surface area contributed by atoms with Crippen LogP contribution in [0.25, 0.3) is 0 Å². The molecule has 1 N–H and O–H groups in total. The first-order chi connectivity index (χ1) is 9.92. The Morgan fingerprint density at radius 3 is 2.62 bits per heavy atom. The van der Waals surface area contributed by atoms with Crippen LogP contribution in [-0.2, 0) is 13.2 Å². The molecule has 0 aliphatic heterocycles. The average Bonchev–Trinajstić information content (AvgIpc) is 2.43. The van der Waals surface area contributed by atoms with Gasteiger partial charge in [0.1, 0.15) is 6.61 Å². The fourth-order valence-electron chi connectivity index (χ4n) is 1.65. The van der Waals surface area contributed by atoms with Crippen LogP contribution in [0, 0.1) is 0 Å². The molecule has 0 saturated carbocycles. The molecule has 0 amide bonds. The van der Waals surface area contributed by atoms with Gasteiger partial charge in [-0.1, -0.05) is 28.1 Å². The summed E-state index contributed by atoms with van der Waals surface area (Å²) in [5.74, 6) is 0.537. The molecule has 0 atom stereocenters. The fourth-order valence-corrected chi connectivity index (χ4v) is 2.10. The highest BCUT2D eigenvalue weighted by molar-refractivity contribution is 9.10. The Morgan fingerprint density at radius 1 is 1.19 bits per heavy atom. The fraction of sp³-hybridized carbons (Fsp3) is 0.375. The Balaban J connectivity index is 1.87. The standard InChI is InChI=1S/C16H20BrN3O/c1-16(2,3)20-9-14-8-19-15(10-18-14)21-11-12-5-4-6-13(17)7-12/h4-8,10,20H,9,11H2,1-3H3. The molecule has 4 nitrogen and oxygen atoms in total. The molecule has 0 aliphatic carbocycles. The summed E-state index contributed by atoms with van der Waals surface area (Å²) < 4.78 is 6.67. The van der Waals surface area contributed by atoms with Gasteiger partial charge in [-0.15, -0.1) is 0 Å². The van der Waals surface area contributed by atoms with Crippen LogP contribution in [0.4, 0.5) is 0 Å². The molecule has 2 rings (SSSR count). The summed E-state index contributed by atoms with van der Waals surface area (Å²) in [5.41, 5.74) is 2.06. The second-order valence-corrected chi connectivity index (χ2v) is 6.78. The summed E-state index contributed by atoms with van der Waals surface area (Å²) >= 11 is 3.44. The van der Waals surface area contributed by atoms with Crippen molar-refractivity contribution in [3.05, 3.63) is 52.4 Å². The van der Waals surface area contributed by atoms with E-state index in [1.54, 1.807) is 12.4 Å². The smallest absolute Gasteiger partial charge is 0.232 e. The van der Waals surface area contributed by atoms with Gasteiger partial charge >= 0.3 is 0 Å². The molecule has 21 heavy (non-hydrogen) atoms. The molecule has 0 aliphatic rings. The highest BCUT2D eigenvalue weighted by Gasteiger charge is 2.09. The molecule has 0 spiro atoms. The van der Waals surface area contributed by atoms with Gasteiger partial charge in [-0.05, 0) is 38.5 Å². The van der Waals surface area contributed by atoms with Crippen molar-refractivity contribution in [2.24, 2.45) is 0 Å². The van der Waals surface area contributed by atoms with E-state index in [9.17, 15) is 0 Å². The maximum Gasteiger partial charge on any atom is 0.232 e. The van der Waals surface area contributed by atoms with Crippen LogP contribution in [0.1, 0.15) is 32.0 Å². The average molecular weight is 350 g/mol. The van der Waals surface area contributed by atoms with Crippen LogP contribution in [0.5, 0.6) is 5.88 Å². The van der Waals surface area contributed by atoms with Crippen LogP contribution in [0.15, 0.2) is 41.1 Å². The zero-order valence-corrected chi connectivity index (χ0v) is 14.1. The summed E-state index contributed by atoms with van der Waals surface area (Å²) in [5, 5.41) is 3.37. The van der Waals surface area contributed by atoms with Crippen LogP contribution in [0.2, 0.25) is 0 Å². The SMILES string of the molecule is CC(C)(C)NCc1cnc(OCc2cccc(Br)c2)cn1. The van der Waals surface area contributed by atoms with Crippen molar-refractivity contribution < 1.29 is 4.74 Å². The van der Waals surface area contributed by atoms with Crippen molar-refractivity contribution in [3.63, 3.8) is 0 Å². The first-order valence-corrected chi connectivity index (χ1v) is 7.65. The molecule has 1 aromatic heterocycles. The van der Waals surface area contributed by atoms with Gasteiger partial charge in [0.2, 0.25) is 5.88 Å².